The third-order valence-electron chi connectivity index (χ3n) is 3.76. The normalized spacial score (nSPS) is 14.1. The van der Waals surface area contributed by atoms with Crippen molar-refractivity contribution in [1.29, 1.82) is 0 Å². The summed E-state index contributed by atoms with van der Waals surface area (Å²) in [6.07, 6.45) is 0.887. The Morgan fingerprint density at radius 3 is 2.95 bits per heavy atom. The number of aromatic nitrogens is 2. The van der Waals surface area contributed by atoms with Crippen molar-refractivity contribution in [2.24, 2.45) is 0 Å². The highest BCUT2D eigenvalue weighted by atomic mass is 16.6. The first-order chi connectivity index (χ1) is 9.58. The summed E-state index contributed by atoms with van der Waals surface area (Å²) >= 11 is 0. The zero-order valence-corrected chi connectivity index (χ0v) is 11.5. The van der Waals surface area contributed by atoms with E-state index in [1.165, 1.54) is 11.6 Å². The van der Waals surface area contributed by atoms with Gasteiger partial charge < -0.3 is 5.32 Å². The fourth-order valence-corrected chi connectivity index (χ4v) is 2.65. The van der Waals surface area contributed by atoms with Gasteiger partial charge in [-0.15, -0.1) is 0 Å². The van der Waals surface area contributed by atoms with E-state index >= 15 is 0 Å². The van der Waals surface area contributed by atoms with Crippen LogP contribution >= 0.6 is 0 Å². The van der Waals surface area contributed by atoms with Gasteiger partial charge in [0, 0.05) is 37.2 Å². The summed E-state index contributed by atoms with van der Waals surface area (Å²) in [4.78, 5) is 10.6. The number of hydrogen-bond donors (Lipinski definition) is 1. The fourth-order valence-electron chi connectivity index (χ4n) is 2.65. The first kappa shape index (κ1) is 12.8. The van der Waals surface area contributed by atoms with Gasteiger partial charge in [0.1, 0.15) is 0 Å². The molecule has 3 rings (SSSR count). The van der Waals surface area contributed by atoms with E-state index in [2.05, 4.69) is 10.4 Å². The van der Waals surface area contributed by atoms with Gasteiger partial charge >= 0.3 is 0 Å². The van der Waals surface area contributed by atoms with Crippen LogP contribution in [-0.2, 0) is 13.0 Å². The Morgan fingerprint density at radius 1 is 1.40 bits per heavy atom. The lowest BCUT2D eigenvalue weighted by Crippen LogP contribution is -2.24. The Balaban J connectivity index is 2.18. The maximum absolute atomic E-state index is 11.0. The second-order valence-corrected chi connectivity index (χ2v) is 5.08. The van der Waals surface area contributed by atoms with E-state index in [9.17, 15) is 10.1 Å². The van der Waals surface area contributed by atoms with Crippen LogP contribution in [0.4, 0.5) is 5.69 Å². The third kappa shape index (κ3) is 1.98. The molecule has 20 heavy (non-hydrogen) atoms. The van der Waals surface area contributed by atoms with Crippen molar-refractivity contribution >= 4 is 5.69 Å². The molecular formula is C14H16N4O2. The van der Waals surface area contributed by atoms with Crippen LogP contribution in [0.1, 0.15) is 22.5 Å². The molecule has 0 radical (unpaired) electrons. The Labute approximate surface area is 116 Å². The van der Waals surface area contributed by atoms with Crippen LogP contribution in [0.3, 0.4) is 0 Å². The molecule has 0 fully saturated rings. The summed E-state index contributed by atoms with van der Waals surface area (Å²) in [5.74, 6) is 0. The summed E-state index contributed by atoms with van der Waals surface area (Å²) in [7, 11) is 0. The van der Waals surface area contributed by atoms with E-state index in [4.69, 9.17) is 0 Å². The van der Waals surface area contributed by atoms with E-state index < -0.39 is 0 Å². The molecule has 2 aromatic rings. The van der Waals surface area contributed by atoms with Gasteiger partial charge in [-0.3, -0.25) is 10.1 Å². The van der Waals surface area contributed by atoms with Crippen molar-refractivity contribution in [1.82, 2.24) is 15.1 Å². The molecule has 0 unspecified atom stereocenters. The van der Waals surface area contributed by atoms with Gasteiger partial charge in [0.25, 0.3) is 5.69 Å². The number of aryl methyl sites for hydroxylation is 2. The van der Waals surface area contributed by atoms with Crippen LogP contribution < -0.4 is 5.32 Å². The van der Waals surface area contributed by atoms with Crippen molar-refractivity contribution in [2.75, 3.05) is 6.54 Å². The molecule has 0 aliphatic carbocycles. The molecule has 0 saturated carbocycles. The van der Waals surface area contributed by atoms with Gasteiger partial charge in [-0.2, -0.15) is 5.10 Å². The highest BCUT2D eigenvalue weighted by Crippen LogP contribution is 2.26. The molecule has 0 bridgehead atoms. The Morgan fingerprint density at radius 2 is 2.20 bits per heavy atom. The molecule has 104 valence electrons. The number of nitrogens with one attached hydrogen (secondary N) is 1. The fraction of sp³-hybridized carbons (Fsp3) is 0.357. The molecule has 0 atom stereocenters. The second kappa shape index (κ2) is 4.72. The molecule has 6 heteroatoms. The van der Waals surface area contributed by atoms with Crippen LogP contribution in [0.25, 0.3) is 5.69 Å². The minimum absolute atomic E-state index is 0.0986. The zero-order valence-electron chi connectivity index (χ0n) is 11.5. The van der Waals surface area contributed by atoms with E-state index in [0.717, 1.165) is 42.1 Å². The average molecular weight is 272 g/mol. The molecule has 0 spiro atoms. The first-order valence-corrected chi connectivity index (χ1v) is 6.61. The van der Waals surface area contributed by atoms with Crippen LogP contribution in [0.5, 0.6) is 0 Å². The van der Waals surface area contributed by atoms with Crippen molar-refractivity contribution in [3.8, 4) is 5.69 Å². The average Bonchev–Trinajstić information content (AvgIpc) is 2.77. The molecule has 1 aromatic carbocycles. The molecule has 6 nitrogen and oxygen atoms in total. The Hall–Kier alpha value is -2.21. The lowest BCUT2D eigenvalue weighted by atomic mass is 10.1. The van der Waals surface area contributed by atoms with Gasteiger partial charge in [-0.05, 0) is 19.4 Å². The molecule has 1 aliphatic rings. The summed E-state index contributed by atoms with van der Waals surface area (Å²) < 4.78 is 1.87. The minimum Gasteiger partial charge on any atom is -0.312 e. The van der Waals surface area contributed by atoms with E-state index in [-0.39, 0.29) is 10.6 Å². The molecule has 2 heterocycles. The monoisotopic (exact) mass is 272 g/mol. The predicted octanol–water partition coefficient (Wildman–Crippen LogP) is 2.04. The number of non-ortho nitro benzene ring substituents is 1. The van der Waals surface area contributed by atoms with Gasteiger partial charge in [-0.25, -0.2) is 4.68 Å². The van der Waals surface area contributed by atoms with Crippen molar-refractivity contribution in [2.45, 2.75) is 26.8 Å². The maximum Gasteiger partial charge on any atom is 0.271 e. The number of nitrogens with zero attached hydrogens (tertiary/aromatic N) is 3. The number of rotatable bonds is 2. The molecule has 0 amide bonds. The highest BCUT2D eigenvalue weighted by Gasteiger charge is 2.21. The van der Waals surface area contributed by atoms with E-state index in [1.807, 2.05) is 18.5 Å². The van der Waals surface area contributed by atoms with Crippen LogP contribution in [0.2, 0.25) is 0 Å². The number of benzene rings is 1. The number of hydrogen-bond acceptors (Lipinski definition) is 4. The highest BCUT2D eigenvalue weighted by molar-refractivity contribution is 5.50. The summed E-state index contributed by atoms with van der Waals surface area (Å²) in [6, 6.07) is 4.91. The topological polar surface area (TPSA) is 73.0 Å². The van der Waals surface area contributed by atoms with Crippen molar-refractivity contribution < 1.29 is 4.92 Å². The van der Waals surface area contributed by atoms with E-state index in [1.54, 1.807) is 12.1 Å². The predicted molar refractivity (Wildman–Crippen MR) is 75.1 cm³/mol. The van der Waals surface area contributed by atoms with Gasteiger partial charge in [-0.1, -0.05) is 6.07 Å². The summed E-state index contributed by atoms with van der Waals surface area (Å²) in [5, 5.41) is 18.9. The standard InChI is InChI=1S/C14H16N4O2/c1-9-3-4-11(18(19)20)7-14(9)17-13-5-6-15-8-12(13)10(2)16-17/h3-4,7,15H,5-6,8H2,1-2H3. The van der Waals surface area contributed by atoms with Crippen LogP contribution in [0.15, 0.2) is 18.2 Å². The van der Waals surface area contributed by atoms with Crippen molar-refractivity contribution in [3.05, 3.63) is 50.8 Å². The second-order valence-electron chi connectivity index (χ2n) is 5.08. The maximum atomic E-state index is 11.0. The van der Waals surface area contributed by atoms with Gasteiger partial charge in [0.15, 0.2) is 0 Å². The first-order valence-electron chi connectivity index (χ1n) is 6.61. The Kier molecular flexibility index (Phi) is 3.02. The Bertz CT molecular complexity index is 691. The smallest absolute Gasteiger partial charge is 0.271 e. The zero-order chi connectivity index (χ0) is 14.3. The largest absolute Gasteiger partial charge is 0.312 e. The van der Waals surface area contributed by atoms with Crippen LogP contribution in [-0.4, -0.2) is 21.2 Å². The quantitative estimate of drug-likeness (QED) is 0.670. The molecular weight excluding hydrogens is 256 g/mol. The molecule has 1 N–H and O–H groups in total. The number of fused-ring (bicyclic) bond motifs is 1. The molecule has 0 saturated heterocycles. The molecule has 1 aliphatic heterocycles. The number of nitro groups is 1. The van der Waals surface area contributed by atoms with Crippen molar-refractivity contribution in [3.63, 3.8) is 0 Å². The van der Waals surface area contributed by atoms with E-state index in [0.29, 0.717) is 0 Å². The molecule has 1 aromatic heterocycles. The number of nitro benzene ring substituents is 1. The van der Waals surface area contributed by atoms with Gasteiger partial charge in [0.2, 0.25) is 0 Å². The summed E-state index contributed by atoms with van der Waals surface area (Å²) in [5.41, 5.74) is 5.23. The van der Waals surface area contributed by atoms with Gasteiger partial charge in [0.05, 0.1) is 22.0 Å². The minimum atomic E-state index is -0.368. The van der Waals surface area contributed by atoms with Crippen LogP contribution in [0, 0.1) is 24.0 Å². The summed E-state index contributed by atoms with van der Waals surface area (Å²) in [6.45, 7) is 5.65. The SMILES string of the molecule is Cc1ccc([N+](=O)[O-])cc1-n1nc(C)c2c1CCNC2. The lowest BCUT2D eigenvalue weighted by molar-refractivity contribution is -0.384. The lowest BCUT2D eigenvalue weighted by Gasteiger charge is -2.16. The third-order valence-corrected chi connectivity index (χ3v) is 3.76.